The van der Waals surface area contributed by atoms with Gasteiger partial charge in [-0.25, -0.2) is 0 Å². The highest BCUT2D eigenvalue weighted by Crippen LogP contribution is 2.28. The fourth-order valence-electron chi connectivity index (χ4n) is 4.43. The van der Waals surface area contributed by atoms with Crippen LogP contribution in [0.15, 0.2) is 60.7 Å². The molecule has 0 aromatic heterocycles. The van der Waals surface area contributed by atoms with Gasteiger partial charge in [-0.3, -0.25) is 0 Å². The van der Waals surface area contributed by atoms with E-state index in [4.69, 9.17) is 18.9 Å². The number of unbranched alkanes of at least 4 members (excludes halogenated alkanes) is 8. The first-order chi connectivity index (χ1) is 20.7. The molecule has 0 spiro atoms. The van der Waals surface area contributed by atoms with Crippen molar-refractivity contribution in [1.29, 1.82) is 0 Å². The Kier molecular flexibility index (Phi) is 14.8. The third kappa shape index (κ3) is 11.5. The van der Waals surface area contributed by atoms with Gasteiger partial charge in [-0.1, -0.05) is 88.9 Å². The molecule has 0 fully saturated rings. The fraction of sp³-hybridized carbons (Fsp3) is 0.421. The van der Waals surface area contributed by atoms with Gasteiger partial charge in [0.1, 0.15) is 23.0 Å². The van der Waals surface area contributed by atoms with E-state index in [1.807, 2.05) is 60.7 Å². The van der Waals surface area contributed by atoms with Gasteiger partial charge in [-0.15, -0.1) is 0 Å². The van der Waals surface area contributed by atoms with E-state index in [2.05, 4.69) is 37.5 Å². The number of methoxy groups -OCH3 is 2. The van der Waals surface area contributed by atoms with Crippen molar-refractivity contribution in [2.24, 2.45) is 0 Å². The van der Waals surface area contributed by atoms with Crippen LogP contribution in [0, 0.1) is 23.7 Å². The highest BCUT2D eigenvalue weighted by atomic mass is 16.5. The lowest BCUT2D eigenvalue weighted by Gasteiger charge is -2.09. The first-order valence-electron chi connectivity index (χ1n) is 15.4. The molecule has 0 saturated carbocycles. The van der Waals surface area contributed by atoms with Crippen molar-refractivity contribution in [3.8, 4) is 46.7 Å². The largest absolute Gasteiger partial charge is 0.495 e. The molecule has 42 heavy (non-hydrogen) atoms. The Morgan fingerprint density at radius 2 is 0.857 bits per heavy atom. The SMILES string of the molecule is CCCCCCCOc1ccc(C#Cc2cc(OC)c(C#Cc3ccc(OCCCCCCC)cc3)cc2OC)cc1. The molecule has 0 N–H and O–H groups in total. The van der Waals surface area contributed by atoms with Crippen molar-refractivity contribution in [1.82, 2.24) is 0 Å². The van der Waals surface area contributed by atoms with Gasteiger partial charge >= 0.3 is 0 Å². The number of rotatable bonds is 16. The Hall–Kier alpha value is -4.02. The van der Waals surface area contributed by atoms with E-state index >= 15 is 0 Å². The number of hydrogen-bond acceptors (Lipinski definition) is 4. The Morgan fingerprint density at radius 3 is 1.21 bits per heavy atom. The van der Waals surface area contributed by atoms with Crippen LogP contribution < -0.4 is 18.9 Å². The van der Waals surface area contributed by atoms with E-state index in [0.29, 0.717) is 11.5 Å². The third-order valence-corrected chi connectivity index (χ3v) is 6.95. The van der Waals surface area contributed by atoms with Crippen LogP contribution in [0.25, 0.3) is 0 Å². The van der Waals surface area contributed by atoms with E-state index in [9.17, 15) is 0 Å². The monoisotopic (exact) mass is 566 g/mol. The van der Waals surface area contributed by atoms with Gasteiger partial charge in [0.2, 0.25) is 0 Å². The van der Waals surface area contributed by atoms with Crippen LogP contribution in [0.5, 0.6) is 23.0 Å². The third-order valence-electron chi connectivity index (χ3n) is 6.95. The van der Waals surface area contributed by atoms with Crippen LogP contribution in [-0.2, 0) is 0 Å². The molecule has 0 atom stereocenters. The van der Waals surface area contributed by atoms with Crippen LogP contribution in [-0.4, -0.2) is 27.4 Å². The highest BCUT2D eigenvalue weighted by molar-refractivity contribution is 5.60. The van der Waals surface area contributed by atoms with Gasteiger partial charge in [0.05, 0.1) is 38.6 Å². The molecular formula is C38H46O4. The Bertz CT molecular complexity index is 1210. The Balaban J connectivity index is 1.61. The summed E-state index contributed by atoms with van der Waals surface area (Å²) in [6, 6.07) is 19.6. The van der Waals surface area contributed by atoms with Gasteiger partial charge in [-0.05, 0) is 61.4 Å². The van der Waals surface area contributed by atoms with Crippen molar-refractivity contribution in [2.45, 2.75) is 78.1 Å². The van der Waals surface area contributed by atoms with Crippen LogP contribution in [0.2, 0.25) is 0 Å². The number of ether oxygens (including phenoxy) is 4. The summed E-state index contributed by atoms with van der Waals surface area (Å²) in [5.41, 5.74) is 3.28. The fourth-order valence-corrected chi connectivity index (χ4v) is 4.43. The lowest BCUT2D eigenvalue weighted by atomic mass is 10.1. The normalized spacial score (nSPS) is 10.2. The smallest absolute Gasteiger partial charge is 0.136 e. The minimum Gasteiger partial charge on any atom is -0.495 e. The van der Waals surface area contributed by atoms with Gasteiger partial charge in [0.15, 0.2) is 0 Å². The molecule has 0 aliphatic heterocycles. The molecule has 0 aliphatic carbocycles. The van der Waals surface area contributed by atoms with Crippen molar-refractivity contribution < 1.29 is 18.9 Å². The second-order valence-corrected chi connectivity index (χ2v) is 10.3. The topological polar surface area (TPSA) is 36.9 Å². The summed E-state index contributed by atoms with van der Waals surface area (Å²) in [5, 5.41) is 0. The predicted molar refractivity (Wildman–Crippen MR) is 173 cm³/mol. The molecule has 0 radical (unpaired) electrons. The van der Waals surface area contributed by atoms with E-state index < -0.39 is 0 Å². The second-order valence-electron chi connectivity index (χ2n) is 10.3. The predicted octanol–water partition coefficient (Wildman–Crippen LogP) is 9.20. The Morgan fingerprint density at radius 1 is 0.476 bits per heavy atom. The zero-order chi connectivity index (χ0) is 29.8. The van der Waals surface area contributed by atoms with Crippen molar-refractivity contribution in [3.05, 3.63) is 82.9 Å². The van der Waals surface area contributed by atoms with Gasteiger partial charge in [0.25, 0.3) is 0 Å². The van der Waals surface area contributed by atoms with Crippen molar-refractivity contribution in [3.63, 3.8) is 0 Å². The van der Waals surface area contributed by atoms with E-state index in [1.165, 1.54) is 51.4 Å². The van der Waals surface area contributed by atoms with Crippen molar-refractivity contribution >= 4 is 0 Å². The minimum absolute atomic E-state index is 0.651. The van der Waals surface area contributed by atoms with E-state index in [-0.39, 0.29) is 0 Å². The maximum atomic E-state index is 5.87. The molecule has 0 aliphatic rings. The number of hydrogen-bond donors (Lipinski definition) is 0. The molecule has 4 heteroatoms. The molecule has 222 valence electrons. The van der Waals surface area contributed by atoms with Crippen LogP contribution in [0.3, 0.4) is 0 Å². The summed E-state index contributed by atoms with van der Waals surface area (Å²) < 4.78 is 23.0. The molecule has 3 rings (SSSR count). The molecular weight excluding hydrogens is 520 g/mol. The quantitative estimate of drug-likeness (QED) is 0.128. The van der Waals surface area contributed by atoms with E-state index in [1.54, 1.807) is 14.2 Å². The first-order valence-corrected chi connectivity index (χ1v) is 15.4. The Labute approximate surface area is 253 Å². The molecule has 3 aromatic carbocycles. The summed E-state index contributed by atoms with van der Waals surface area (Å²) in [6.07, 6.45) is 12.3. The maximum Gasteiger partial charge on any atom is 0.136 e. The maximum absolute atomic E-state index is 5.87. The molecule has 0 saturated heterocycles. The minimum atomic E-state index is 0.651. The standard InChI is InChI=1S/C38H46O4/c1-5-7-9-11-13-27-41-35-23-17-31(18-24-35)15-21-33-29-38(40-4)34(30-37(33)39-3)22-16-32-19-25-36(26-20-32)42-28-14-12-10-8-6-2/h17-20,23-26,29-30H,5-14,27-28H2,1-4H3. The molecule has 4 nitrogen and oxygen atoms in total. The lowest BCUT2D eigenvalue weighted by Crippen LogP contribution is -1.97. The zero-order valence-electron chi connectivity index (χ0n) is 25.9. The summed E-state index contributed by atoms with van der Waals surface area (Å²) >= 11 is 0. The summed E-state index contributed by atoms with van der Waals surface area (Å²) in [7, 11) is 3.28. The first kappa shape index (κ1) is 32.5. The average Bonchev–Trinajstić information content (AvgIpc) is 3.03. The molecule has 0 unspecified atom stereocenters. The molecule has 0 amide bonds. The summed E-state index contributed by atoms with van der Waals surface area (Å²) in [4.78, 5) is 0. The highest BCUT2D eigenvalue weighted by Gasteiger charge is 2.09. The van der Waals surface area contributed by atoms with E-state index in [0.717, 1.165) is 59.8 Å². The summed E-state index contributed by atoms with van der Waals surface area (Å²) in [6.45, 7) is 5.96. The molecule has 3 aromatic rings. The van der Waals surface area contributed by atoms with Gasteiger partial charge < -0.3 is 18.9 Å². The van der Waals surface area contributed by atoms with Crippen LogP contribution >= 0.6 is 0 Å². The van der Waals surface area contributed by atoms with Gasteiger partial charge in [-0.2, -0.15) is 0 Å². The second kappa shape index (κ2) is 19.2. The van der Waals surface area contributed by atoms with Gasteiger partial charge in [0, 0.05) is 23.3 Å². The average molecular weight is 567 g/mol. The molecule has 0 bridgehead atoms. The lowest BCUT2D eigenvalue weighted by molar-refractivity contribution is 0.304. The van der Waals surface area contributed by atoms with Crippen molar-refractivity contribution in [2.75, 3.05) is 27.4 Å². The van der Waals surface area contributed by atoms with Crippen LogP contribution in [0.1, 0.15) is 100 Å². The van der Waals surface area contributed by atoms with Crippen LogP contribution in [0.4, 0.5) is 0 Å². The zero-order valence-corrected chi connectivity index (χ0v) is 25.9. The number of benzene rings is 3. The molecule has 0 heterocycles. The summed E-state index contributed by atoms with van der Waals surface area (Å²) in [5.74, 6) is 16.0.